The molecule has 0 atom stereocenters. The molecule has 3 heteroatoms. The van der Waals surface area contributed by atoms with Crippen LogP contribution in [-0.4, -0.2) is 9.78 Å². The predicted octanol–water partition coefficient (Wildman–Crippen LogP) is 2.58. The van der Waals surface area contributed by atoms with Gasteiger partial charge in [-0.15, -0.1) is 0 Å². The Morgan fingerprint density at radius 1 is 1.17 bits per heavy atom. The topological polar surface area (TPSA) is 29.9 Å². The van der Waals surface area contributed by atoms with Gasteiger partial charge in [0.1, 0.15) is 0 Å². The SMILES string of the molecule is CCc1ccccc1CNCc1cc(C)nn1C. The summed E-state index contributed by atoms with van der Waals surface area (Å²) in [5, 5.41) is 7.83. The van der Waals surface area contributed by atoms with Crippen molar-refractivity contribution in [2.45, 2.75) is 33.4 Å². The van der Waals surface area contributed by atoms with Gasteiger partial charge in [-0.05, 0) is 30.5 Å². The first-order valence-electron chi connectivity index (χ1n) is 6.47. The van der Waals surface area contributed by atoms with Crippen LogP contribution in [0.2, 0.25) is 0 Å². The molecule has 3 nitrogen and oxygen atoms in total. The lowest BCUT2D eigenvalue weighted by molar-refractivity contribution is 0.622. The minimum Gasteiger partial charge on any atom is -0.307 e. The van der Waals surface area contributed by atoms with Crippen LogP contribution >= 0.6 is 0 Å². The number of aryl methyl sites for hydroxylation is 3. The maximum atomic E-state index is 4.35. The van der Waals surface area contributed by atoms with Crippen molar-refractivity contribution in [2.75, 3.05) is 0 Å². The highest BCUT2D eigenvalue weighted by molar-refractivity contribution is 5.26. The van der Waals surface area contributed by atoms with Gasteiger partial charge in [0.15, 0.2) is 0 Å². The second-order valence-electron chi connectivity index (χ2n) is 4.63. The molecule has 96 valence electrons. The normalized spacial score (nSPS) is 10.8. The monoisotopic (exact) mass is 243 g/mol. The minimum atomic E-state index is 0.857. The van der Waals surface area contributed by atoms with E-state index in [2.05, 4.69) is 47.7 Å². The van der Waals surface area contributed by atoms with Crippen molar-refractivity contribution in [3.8, 4) is 0 Å². The predicted molar refractivity (Wildman–Crippen MR) is 74.3 cm³/mol. The van der Waals surface area contributed by atoms with Crippen molar-refractivity contribution in [1.82, 2.24) is 15.1 Å². The van der Waals surface area contributed by atoms with Gasteiger partial charge >= 0.3 is 0 Å². The molecule has 0 spiro atoms. The molecular weight excluding hydrogens is 222 g/mol. The summed E-state index contributed by atoms with van der Waals surface area (Å²) in [5.41, 5.74) is 5.11. The zero-order valence-electron chi connectivity index (χ0n) is 11.4. The van der Waals surface area contributed by atoms with Crippen LogP contribution in [0.4, 0.5) is 0 Å². The second kappa shape index (κ2) is 5.83. The molecule has 0 fully saturated rings. The first-order valence-corrected chi connectivity index (χ1v) is 6.47. The van der Waals surface area contributed by atoms with Gasteiger partial charge < -0.3 is 5.32 Å². The summed E-state index contributed by atoms with van der Waals surface area (Å²) in [7, 11) is 1.99. The molecule has 1 aromatic heterocycles. The van der Waals surface area contributed by atoms with Gasteiger partial charge in [0.05, 0.1) is 11.4 Å². The van der Waals surface area contributed by atoms with E-state index in [1.165, 1.54) is 16.8 Å². The van der Waals surface area contributed by atoms with Crippen LogP contribution in [-0.2, 0) is 26.6 Å². The quantitative estimate of drug-likeness (QED) is 0.874. The number of hydrogen-bond donors (Lipinski definition) is 1. The van der Waals surface area contributed by atoms with E-state index in [1.807, 2.05) is 18.7 Å². The fourth-order valence-corrected chi connectivity index (χ4v) is 2.23. The Balaban J connectivity index is 1.94. The maximum absolute atomic E-state index is 4.35. The highest BCUT2D eigenvalue weighted by Crippen LogP contribution is 2.09. The number of nitrogens with zero attached hydrogens (tertiary/aromatic N) is 2. The van der Waals surface area contributed by atoms with E-state index >= 15 is 0 Å². The molecule has 2 aromatic rings. The molecular formula is C15H21N3. The molecule has 0 saturated heterocycles. The molecule has 18 heavy (non-hydrogen) atoms. The molecule has 0 aliphatic heterocycles. The van der Waals surface area contributed by atoms with Crippen LogP contribution in [0.5, 0.6) is 0 Å². The van der Waals surface area contributed by atoms with Crippen molar-refractivity contribution in [2.24, 2.45) is 7.05 Å². The molecule has 0 aliphatic carbocycles. The number of hydrogen-bond acceptors (Lipinski definition) is 2. The largest absolute Gasteiger partial charge is 0.307 e. The lowest BCUT2D eigenvalue weighted by Crippen LogP contribution is -2.16. The molecule has 1 heterocycles. The standard InChI is InChI=1S/C15H21N3/c1-4-13-7-5-6-8-14(13)10-16-11-15-9-12(2)17-18(15)3/h5-9,16H,4,10-11H2,1-3H3. The Labute approximate surface area is 109 Å². The fourth-order valence-electron chi connectivity index (χ4n) is 2.23. The average molecular weight is 243 g/mol. The van der Waals surface area contributed by atoms with Crippen molar-refractivity contribution >= 4 is 0 Å². The molecule has 0 saturated carbocycles. The summed E-state index contributed by atoms with van der Waals surface area (Å²) < 4.78 is 1.94. The fraction of sp³-hybridized carbons (Fsp3) is 0.400. The Hall–Kier alpha value is -1.61. The summed E-state index contributed by atoms with van der Waals surface area (Å²) in [6.45, 7) is 5.99. The molecule has 1 aromatic carbocycles. The summed E-state index contributed by atoms with van der Waals surface area (Å²) in [5.74, 6) is 0. The zero-order chi connectivity index (χ0) is 13.0. The number of nitrogens with one attached hydrogen (secondary N) is 1. The molecule has 2 rings (SSSR count). The van der Waals surface area contributed by atoms with E-state index in [0.717, 1.165) is 25.2 Å². The third-order valence-corrected chi connectivity index (χ3v) is 3.22. The Kier molecular flexibility index (Phi) is 4.15. The minimum absolute atomic E-state index is 0.857. The van der Waals surface area contributed by atoms with E-state index in [-0.39, 0.29) is 0 Å². The van der Waals surface area contributed by atoms with Crippen molar-refractivity contribution in [1.29, 1.82) is 0 Å². The third kappa shape index (κ3) is 2.99. The van der Waals surface area contributed by atoms with E-state index in [9.17, 15) is 0 Å². The Morgan fingerprint density at radius 2 is 1.89 bits per heavy atom. The van der Waals surface area contributed by atoms with E-state index in [1.54, 1.807) is 0 Å². The summed E-state index contributed by atoms with van der Waals surface area (Å²) in [6.07, 6.45) is 1.09. The zero-order valence-corrected chi connectivity index (χ0v) is 11.4. The van der Waals surface area contributed by atoms with Crippen LogP contribution in [0.15, 0.2) is 30.3 Å². The highest BCUT2D eigenvalue weighted by atomic mass is 15.3. The smallest absolute Gasteiger partial charge is 0.0597 e. The van der Waals surface area contributed by atoms with Gasteiger partial charge in [0.2, 0.25) is 0 Å². The lowest BCUT2D eigenvalue weighted by atomic mass is 10.1. The van der Waals surface area contributed by atoms with Gasteiger partial charge in [-0.3, -0.25) is 4.68 Å². The molecule has 0 unspecified atom stereocenters. The van der Waals surface area contributed by atoms with Crippen LogP contribution in [0.1, 0.15) is 29.4 Å². The molecule has 1 N–H and O–H groups in total. The van der Waals surface area contributed by atoms with Gasteiger partial charge in [-0.1, -0.05) is 31.2 Å². The maximum Gasteiger partial charge on any atom is 0.0597 e. The Morgan fingerprint density at radius 3 is 2.50 bits per heavy atom. The molecule has 0 aliphatic rings. The molecule has 0 radical (unpaired) electrons. The van der Waals surface area contributed by atoms with Crippen LogP contribution in [0.3, 0.4) is 0 Å². The van der Waals surface area contributed by atoms with Crippen LogP contribution in [0.25, 0.3) is 0 Å². The van der Waals surface area contributed by atoms with Crippen molar-refractivity contribution in [3.63, 3.8) is 0 Å². The van der Waals surface area contributed by atoms with E-state index < -0.39 is 0 Å². The van der Waals surface area contributed by atoms with Crippen molar-refractivity contribution in [3.05, 3.63) is 52.8 Å². The summed E-state index contributed by atoms with van der Waals surface area (Å²) in [4.78, 5) is 0. The number of aromatic nitrogens is 2. The molecule has 0 bridgehead atoms. The van der Waals surface area contributed by atoms with Gasteiger partial charge in [0, 0.05) is 20.1 Å². The van der Waals surface area contributed by atoms with Gasteiger partial charge in [-0.25, -0.2) is 0 Å². The highest BCUT2D eigenvalue weighted by Gasteiger charge is 2.03. The van der Waals surface area contributed by atoms with E-state index in [0.29, 0.717) is 0 Å². The second-order valence-corrected chi connectivity index (χ2v) is 4.63. The van der Waals surface area contributed by atoms with Gasteiger partial charge in [-0.2, -0.15) is 5.10 Å². The Bertz CT molecular complexity index is 514. The van der Waals surface area contributed by atoms with Crippen LogP contribution in [0, 0.1) is 6.92 Å². The summed E-state index contributed by atoms with van der Waals surface area (Å²) in [6, 6.07) is 10.7. The first-order chi connectivity index (χ1) is 8.70. The third-order valence-electron chi connectivity index (χ3n) is 3.22. The van der Waals surface area contributed by atoms with Crippen LogP contribution < -0.4 is 5.32 Å². The average Bonchev–Trinajstić information content (AvgIpc) is 2.68. The molecule has 0 amide bonds. The number of benzene rings is 1. The summed E-state index contributed by atoms with van der Waals surface area (Å²) >= 11 is 0. The van der Waals surface area contributed by atoms with Crippen molar-refractivity contribution < 1.29 is 0 Å². The van der Waals surface area contributed by atoms with E-state index in [4.69, 9.17) is 0 Å². The van der Waals surface area contributed by atoms with Gasteiger partial charge in [0.25, 0.3) is 0 Å². The number of rotatable bonds is 5. The first kappa shape index (κ1) is 12.8. The lowest BCUT2D eigenvalue weighted by Gasteiger charge is -2.09.